The van der Waals surface area contributed by atoms with E-state index < -0.39 is 0 Å². The molecule has 0 aromatic carbocycles. The van der Waals surface area contributed by atoms with Crippen molar-refractivity contribution in [2.75, 3.05) is 6.54 Å². The molecule has 0 saturated carbocycles. The predicted molar refractivity (Wildman–Crippen MR) is 86.6 cm³/mol. The van der Waals surface area contributed by atoms with Gasteiger partial charge >= 0.3 is 0 Å². The summed E-state index contributed by atoms with van der Waals surface area (Å²) in [4.78, 5) is 0. The lowest BCUT2D eigenvalue weighted by atomic mass is 9.88. The first kappa shape index (κ1) is 17.0. The fraction of sp³-hybridized carbons (Fsp3) is 1.00. The van der Waals surface area contributed by atoms with Gasteiger partial charge in [-0.3, -0.25) is 0 Å². The first-order valence-corrected chi connectivity index (χ1v) is 9.10. The van der Waals surface area contributed by atoms with Gasteiger partial charge in [0, 0.05) is 6.04 Å². The molecule has 1 N–H and O–H groups in total. The maximum atomic E-state index is 3.69. The molecule has 1 nitrogen and oxygen atoms in total. The fourth-order valence-electron chi connectivity index (χ4n) is 3.46. The molecule has 1 aliphatic heterocycles. The summed E-state index contributed by atoms with van der Waals surface area (Å²) in [5, 5.41) is 3.69. The third-order valence-corrected chi connectivity index (χ3v) is 4.71. The molecule has 1 rings (SSSR count). The minimum absolute atomic E-state index is 0.849. The summed E-state index contributed by atoms with van der Waals surface area (Å²) >= 11 is 0. The summed E-state index contributed by atoms with van der Waals surface area (Å²) in [6.45, 7) is 5.89. The smallest absolute Gasteiger partial charge is 0.00701 e. The summed E-state index contributed by atoms with van der Waals surface area (Å²) in [7, 11) is 0. The van der Waals surface area contributed by atoms with E-state index in [4.69, 9.17) is 0 Å². The highest BCUT2D eigenvalue weighted by Gasteiger charge is 2.19. The Bertz CT molecular complexity index is 172. The van der Waals surface area contributed by atoms with Crippen LogP contribution in [0.4, 0.5) is 0 Å². The highest BCUT2D eigenvalue weighted by Crippen LogP contribution is 2.25. The van der Waals surface area contributed by atoms with E-state index in [0.717, 1.165) is 12.0 Å². The minimum atomic E-state index is 0.849. The molecular formula is C18H37N. The quantitative estimate of drug-likeness (QED) is 0.448. The monoisotopic (exact) mass is 267 g/mol. The molecule has 1 heteroatoms. The Balaban J connectivity index is 2.16. The second kappa shape index (κ2) is 11.8. The molecule has 19 heavy (non-hydrogen) atoms. The molecule has 114 valence electrons. The van der Waals surface area contributed by atoms with Crippen molar-refractivity contribution in [1.29, 1.82) is 0 Å². The molecule has 0 aromatic heterocycles. The Morgan fingerprint density at radius 1 is 0.895 bits per heavy atom. The van der Waals surface area contributed by atoms with Crippen LogP contribution in [0.3, 0.4) is 0 Å². The zero-order chi connectivity index (χ0) is 13.8. The zero-order valence-corrected chi connectivity index (χ0v) is 13.6. The Hall–Kier alpha value is -0.0400. The zero-order valence-electron chi connectivity index (χ0n) is 13.6. The summed E-state index contributed by atoms with van der Waals surface area (Å²) in [5.41, 5.74) is 0. The maximum absolute atomic E-state index is 3.69. The number of hydrogen-bond donors (Lipinski definition) is 1. The SMILES string of the molecule is CCCCCCC(CCCCCC)CC1CCCN1. The van der Waals surface area contributed by atoms with E-state index in [2.05, 4.69) is 19.2 Å². The van der Waals surface area contributed by atoms with E-state index >= 15 is 0 Å². The number of hydrogen-bond acceptors (Lipinski definition) is 1. The van der Waals surface area contributed by atoms with Crippen molar-refractivity contribution < 1.29 is 0 Å². The molecule has 1 saturated heterocycles. The Labute approximate surface area is 121 Å². The summed E-state index contributed by atoms with van der Waals surface area (Å²) in [6, 6.07) is 0.849. The lowest BCUT2D eigenvalue weighted by molar-refractivity contribution is 0.343. The maximum Gasteiger partial charge on any atom is 0.00701 e. The molecule has 1 atom stereocenters. The van der Waals surface area contributed by atoms with Gasteiger partial charge < -0.3 is 5.32 Å². The first-order valence-electron chi connectivity index (χ1n) is 9.10. The summed E-state index contributed by atoms with van der Waals surface area (Å²) < 4.78 is 0. The van der Waals surface area contributed by atoms with Gasteiger partial charge in [-0.25, -0.2) is 0 Å². The first-order chi connectivity index (χ1) is 9.36. The van der Waals surface area contributed by atoms with Crippen molar-refractivity contribution in [3.8, 4) is 0 Å². The van der Waals surface area contributed by atoms with Crippen molar-refractivity contribution in [3.63, 3.8) is 0 Å². The van der Waals surface area contributed by atoms with Crippen LogP contribution in [-0.2, 0) is 0 Å². The summed E-state index contributed by atoms with van der Waals surface area (Å²) in [5.74, 6) is 1.00. The lowest BCUT2D eigenvalue weighted by Gasteiger charge is -2.21. The largest absolute Gasteiger partial charge is 0.314 e. The molecule has 0 aromatic rings. The average molecular weight is 268 g/mol. The molecule has 0 spiro atoms. The van der Waals surface area contributed by atoms with Crippen LogP contribution in [0, 0.1) is 5.92 Å². The molecule has 0 aliphatic carbocycles. The lowest BCUT2D eigenvalue weighted by Crippen LogP contribution is -2.24. The second-order valence-electron chi connectivity index (χ2n) is 6.59. The van der Waals surface area contributed by atoms with E-state index in [1.165, 1.54) is 90.0 Å². The van der Waals surface area contributed by atoms with Crippen LogP contribution in [0.25, 0.3) is 0 Å². The van der Waals surface area contributed by atoms with Crippen molar-refractivity contribution in [1.82, 2.24) is 5.32 Å². The van der Waals surface area contributed by atoms with Crippen LogP contribution in [0.15, 0.2) is 0 Å². The minimum Gasteiger partial charge on any atom is -0.314 e. The Morgan fingerprint density at radius 2 is 1.53 bits per heavy atom. The molecular weight excluding hydrogens is 230 g/mol. The molecule has 1 aliphatic rings. The van der Waals surface area contributed by atoms with Gasteiger partial charge in [-0.15, -0.1) is 0 Å². The van der Waals surface area contributed by atoms with Gasteiger partial charge in [0.15, 0.2) is 0 Å². The van der Waals surface area contributed by atoms with Gasteiger partial charge in [-0.2, -0.15) is 0 Å². The fourth-order valence-corrected chi connectivity index (χ4v) is 3.46. The average Bonchev–Trinajstić information content (AvgIpc) is 2.92. The van der Waals surface area contributed by atoms with E-state index in [1.54, 1.807) is 0 Å². The van der Waals surface area contributed by atoms with Gasteiger partial charge in [-0.05, 0) is 31.7 Å². The van der Waals surface area contributed by atoms with Crippen LogP contribution in [-0.4, -0.2) is 12.6 Å². The van der Waals surface area contributed by atoms with Gasteiger partial charge in [0.2, 0.25) is 0 Å². The van der Waals surface area contributed by atoms with Gasteiger partial charge in [0.1, 0.15) is 0 Å². The third kappa shape index (κ3) is 8.68. The van der Waals surface area contributed by atoms with Gasteiger partial charge in [0.05, 0.1) is 0 Å². The number of rotatable bonds is 12. The van der Waals surface area contributed by atoms with Crippen LogP contribution < -0.4 is 5.32 Å². The van der Waals surface area contributed by atoms with E-state index in [0.29, 0.717) is 0 Å². The molecule has 1 fully saturated rings. The van der Waals surface area contributed by atoms with Gasteiger partial charge in [0.25, 0.3) is 0 Å². The topological polar surface area (TPSA) is 12.0 Å². The molecule has 1 heterocycles. The van der Waals surface area contributed by atoms with E-state index in [1.807, 2.05) is 0 Å². The highest BCUT2D eigenvalue weighted by molar-refractivity contribution is 4.77. The van der Waals surface area contributed by atoms with Crippen LogP contribution >= 0.6 is 0 Å². The normalized spacial score (nSPS) is 19.4. The Morgan fingerprint density at radius 3 is 2.00 bits per heavy atom. The highest BCUT2D eigenvalue weighted by atomic mass is 14.9. The van der Waals surface area contributed by atoms with E-state index in [-0.39, 0.29) is 0 Å². The Kier molecular flexibility index (Phi) is 10.5. The molecule has 0 radical (unpaired) electrons. The summed E-state index contributed by atoms with van der Waals surface area (Å²) in [6.07, 6.45) is 18.7. The van der Waals surface area contributed by atoms with Crippen LogP contribution in [0.2, 0.25) is 0 Å². The van der Waals surface area contributed by atoms with Crippen molar-refractivity contribution in [3.05, 3.63) is 0 Å². The van der Waals surface area contributed by atoms with Crippen molar-refractivity contribution >= 4 is 0 Å². The van der Waals surface area contributed by atoms with E-state index in [9.17, 15) is 0 Å². The third-order valence-electron chi connectivity index (χ3n) is 4.71. The van der Waals surface area contributed by atoms with Gasteiger partial charge in [-0.1, -0.05) is 78.1 Å². The van der Waals surface area contributed by atoms with Crippen LogP contribution in [0.1, 0.15) is 97.3 Å². The predicted octanol–water partition coefficient (Wildman–Crippen LogP) is 5.69. The number of unbranched alkanes of at least 4 members (excludes halogenated alkanes) is 6. The second-order valence-corrected chi connectivity index (χ2v) is 6.59. The van der Waals surface area contributed by atoms with Crippen molar-refractivity contribution in [2.45, 2.75) is 103 Å². The standard InChI is InChI=1S/C18H37N/c1-3-5-7-9-12-17(13-10-8-6-4-2)16-18-14-11-15-19-18/h17-19H,3-16H2,1-2H3. The molecule has 0 amide bonds. The van der Waals surface area contributed by atoms with Crippen molar-refractivity contribution in [2.24, 2.45) is 5.92 Å². The number of nitrogens with one attached hydrogen (secondary N) is 1. The molecule has 1 unspecified atom stereocenters. The van der Waals surface area contributed by atoms with Crippen LogP contribution in [0.5, 0.6) is 0 Å². The molecule has 0 bridgehead atoms.